The minimum atomic E-state index is -0.269. The third kappa shape index (κ3) is 4.47. The van der Waals surface area contributed by atoms with Gasteiger partial charge in [-0.2, -0.15) is 0 Å². The van der Waals surface area contributed by atoms with E-state index >= 15 is 0 Å². The molecule has 1 aliphatic heterocycles. The van der Waals surface area contributed by atoms with Gasteiger partial charge in [-0.3, -0.25) is 5.32 Å². The van der Waals surface area contributed by atoms with Crippen molar-refractivity contribution < 1.29 is 8.83 Å². The lowest BCUT2D eigenvalue weighted by molar-refractivity contribution is 0.408. The molecule has 10 aromatic rings. The van der Waals surface area contributed by atoms with Gasteiger partial charge in [0.1, 0.15) is 40.5 Å². The molecule has 2 N–H and O–H groups in total. The quantitative estimate of drug-likeness (QED) is 0.195. The summed E-state index contributed by atoms with van der Waals surface area (Å²) in [6, 6.07) is 53.1. The molecule has 11 rings (SSSR count). The summed E-state index contributed by atoms with van der Waals surface area (Å²) in [6.07, 6.45) is -0.525. The van der Waals surface area contributed by atoms with Gasteiger partial charge in [-0.1, -0.05) is 127 Å². The Kier molecular flexibility index (Phi) is 6.26. The normalized spacial score (nSPS) is 16.4. The molecule has 0 fully saturated rings. The van der Waals surface area contributed by atoms with Crippen molar-refractivity contribution in [2.75, 3.05) is 0 Å². The van der Waals surface area contributed by atoms with Gasteiger partial charge in [0.25, 0.3) is 0 Å². The minimum absolute atomic E-state index is 0.257. The fourth-order valence-electron chi connectivity index (χ4n) is 7.83. The second kappa shape index (κ2) is 11.2. The van der Waals surface area contributed by atoms with E-state index in [1.54, 1.807) is 0 Å². The zero-order valence-electron chi connectivity index (χ0n) is 27.3. The summed E-state index contributed by atoms with van der Waals surface area (Å²) in [5.74, 6) is 0.847. The number of nitrogens with one attached hydrogen (secondary N) is 2. The van der Waals surface area contributed by atoms with Gasteiger partial charge >= 0.3 is 0 Å². The highest BCUT2D eigenvalue weighted by Gasteiger charge is 2.29. The van der Waals surface area contributed by atoms with Gasteiger partial charge in [-0.15, -0.1) is 11.3 Å². The van der Waals surface area contributed by atoms with Gasteiger partial charge in [-0.25, -0.2) is 4.99 Å². The lowest BCUT2D eigenvalue weighted by atomic mass is 9.97. The zero-order valence-corrected chi connectivity index (χ0v) is 28.1. The summed E-state index contributed by atoms with van der Waals surface area (Å²) in [5.41, 5.74) is 8.77. The molecule has 6 heteroatoms. The van der Waals surface area contributed by atoms with E-state index < -0.39 is 0 Å². The van der Waals surface area contributed by atoms with Crippen LogP contribution in [-0.4, -0.2) is 5.84 Å². The van der Waals surface area contributed by atoms with Crippen molar-refractivity contribution in [3.05, 3.63) is 168 Å². The molecular formula is C45H29N3O2S. The number of amidine groups is 1. The van der Waals surface area contributed by atoms with Crippen LogP contribution in [0.1, 0.15) is 29.0 Å². The van der Waals surface area contributed by atoms with Crippen molar-refractivity contribution in [1.82, 2.24) is 10.6 Å². The molecule has 242 valence electrons. The van der Waals surface area contributed by atoms with E-state index in [1.165, 1.54) is 20.2 Å². The van der Waals surface area contributed by atoms with Crippen molar-refractivity contribution >= 4 is 81.2 Å². The number of aliphatic imine (C=N–C) groups is 1. The maximum Gasteiger partial charge on any atom is 0.143 e. The molecule has 0 amide bonds. The Bertz CT molecular complexity index is 3010. The van der Waals surface area contributed by atoms with Crippen LogP contribution in [0.25, 0.3) is 75.2 Å². The first-order valence-electron chi connectivity index (χ1n) is 17.2. The maximum atomic E-state index is 6.98. The van der Waals surface area contributed by atoms with Crippen LogP contribution in [0.4, 0.5) is 0 Å². The Labute approximate surface area is 296 Å². The number of hydrogen-bond donors (Lipinski definition) is 2. The summed E-state index contributed by atoms with van der Waals surface area (Å²) >= 11 is 1.82. The molecule has 5 nitrogen and oxygen atoms in total. The molecule has 2 atom stereocenters. The predicted molar refractivity (Wildman–Crippen MR) is 210 cm³/mol. The van der Waals surface area contributed by atoms with Crippen molar-refractivity contribution in [1.29, 1.82) is 0 Å². The molecule has 0 bridgehead atoms. The number of benzene rings is 7. The van der Waals surface area contributed by atoms with Gasteiger partial charge in [-0.05, 0) is 35.4 Å². The number of furan rings is 2. The van der Waals surface area contributed by atoms with Crippen LogP contribution in [0.15, 0.2) is 165 Å². The molecule has 7 aromatic carbocycles. The Balaban J connectivity index is 1.07. The largest absolute Gasteiger partial charge is 0.456 e. The van der Waals surface area contributed by atoms with Gasteiger partial charge in [0.05, 0.1) is 0 Å². The second-order valence-electron chi connectivity index (χ2n) is 13.1. The lowest BCUT2D eigenvalue weighted by Gasteiger charge is -2.32. The van der Waals surface area contributed by atoms with E-state index in [0.29, 0.717) is 0 Å². The SMILES string of the molecule is c1ccc(C2N=C(c3ccc4c(c3)sc3ccccc34)NC(c3cccc4c3oc3c(-c5cccc6oc7ccccc7c56)cccc34)N2)cc1. The van der Waals surface area contributed by atoms with Gasteiger partial charge < -0.3 is 14.2 Å². The van der Waals surface area contributed by atoms with Crippen molar-refractivity contribution in [2.24, 2.45) is 4.99 Å². The highest BCUT2D eigenvalue weighted by Crippen LogP contribution is 2.43. The van der Waals surface area contributed by atoms with Crippen LogP contribution in [0.3, 0.4) is 0 Å². The average Bonchev–Trinajstić information content (AvgIpc) is 3.89. The van der Waals surface area contributed by atoms with Crippen molar-refractivity contribution in [3.63, 3.8) is 0 Å². The highest BCUT2D eigenvalue weighted by molar-refractivity contribution is 7.25. The molecule has 0 radical (unpaired) electrons. The van der Waals surface area contributed by atoms with Crippen molar-refractivity contribution in [3.8, 4) is 11.1 Å². The topological polar surface area (TPSA) is 62.7 Å². The predicted octanol–water partition coefficient (Wildman–Crippen LogP) is 11.9. The molecule has 0 saturated carbocycles. The minimum Gasteiger partial charge on any atom is -0.456 e. The van der Waals surface area contributed by atoms with Crippen LogP contribution >= 0.6 is 11.3 Å². The number of para-hydroxylation sites is 3. The second-order valence-corrected chi connectivity index (χ2v) is 14.2. The van der Waals surface area contributed by atoms with Gasteiger partial charge in [0, 0.05) is 58.4 Å². The van der Waals surface area contributed by atoms with E-state index in [-0.39, 0.29) is 12.3 Å². The highest BCUT2D eigenvalue weighted by atomic mass is 32.1. The Morgan fingerprint density at radius 2 is 1.24 bits per heavy atom. The van der Waals surface area contributed by atoms with E-state index in [1.807, 2.05) is 35.6 Å². The first-order chi connectivity index (χ1) is 25.3. The zero-order chi connectivity index (χ0) is 33.5. The van der Waals surface area contributed by atoms with E-state index in [2.05, 4.69) is 138 Å². The fraction of sp³-hybridized carbons (Fsp3) is 0.0444. The molecule has 0 spiro atoms. The van der Waals surface area contributed by atoms with Crippen molar-refractivity contribution in [2.45, 2.75) is 12.3 Å². The fourth-order valence-corrected chi connectivity index (χ4v) is 8.97. The smallest absolute Gasteiger partial charge is 0.143 e. The molecule has 0 aliphatic carbocycles. The van der Waals surface area contributed by atoms with Gasteiger partial charge in [0.15, 0.2) is 0 Å². The third-order valence-electron chi connectivity index (χ3n) is 10.2. The monoisotopic (exact) mass is 675 g/mol. The molecule has 51 heavy (non-hydrogen) atoms. The van der Waals surface area contributed by atoms with Gasteiger partial charge in [0.2, 0.25) is 0 Å². The number of thiophene rings is 1. The number of fused-ring (bicyclic) bond motifs is 9. The molecular weight excluding hydrogens is 647 g/mol. The first-order valence-corrected chi connectivity index (χ1v) is 18.0. The number of rotatable bonds is 4. The summed E-state index contributed by atoms with van der Waals surface area (Å²) in [4.78, 5) is 5.24. The summed E-state index contributed by atoms with van der Waals surface area (Å²) in [5, 5.41) is 14.5. The lowest BCUT2D eigenvalue weighted by Crippen LogP contribution is -2.45. The Morgan fingerprint density at radius 1 is 0.529 bits per heavy atom. The van der Waals surface area contributed by atoms with Crippen LogP contribution < -0.4 is 10.6 Å². The first kappa shape index (κ1) is 28.6. The van der Waals surface area contributed by atoms with E-state index in [0.717, 1.165) is 77.5 Å². The number of hydrogen-bond acceptors (Lipinski definition) is 6. The molecule has 4 heterocycles. The van der Waals surface area contributed by atoms with E-state index in [9.17, 15) is 0 Å². The van der Waals surface area contributed by atoms with Crippen LogP contribution in [0.5, 0.6) is 0 Å². The standard InChI is InChI=1S/C45H29N3O2S/c1-2-11-26(12-3-1)43-46-44(27-23-24-29-28-13-5-7-22-38(28)51-39(29)25-27)48-45(47-43)35-19-9-18-33-32-17-8-16-31(41(32)50-42(33)35)30-15-10-21-37-40(30)34-14-4-6-20-36(34)49-37/h1-25,43,45,47H,(H,46,48). The maximum absolute atomic E-state index is 6.98. The molecule has 0 saturated heterocycles. The van der Waals surface area contributed by atoms with Crippen LogP contribution in [0, 0.1) is 0 Å². The Morgan fingerprint density at radius 3 is 2.16 bits per heavy atom. The molecule has 2 unspecified atom stereocenters. The molecule has 3 aromatic heterocycles. The van der Waals surface area contributed by atoms with Crippen LogP contribution in [0.2, 0.25) is 0 Å². The summed E-state index contributed by atoms with van der Waals surface area (Å²) < 4.78 is 15.8. The third-order valence-corrected chi connectivity index (χ3v) is 11.3. The Hall–Kier alpha value is -6.21. The summed E-state index contributed by atoms with van der Waals surface area (Å²) in [6.45, 7) is 0. The van der Waals surface area contributed by atoms with Crippen LogP contribution in [-0.2, 0) is 0 Å². The average molecular weight is 676 g/mol. The summed E-state index contributed by atoms with van der Waals surface area (Å²) in [7, 11) is 0. The molecule has 1 aliphatic rings. The number of nitrogens with zero attached hydrogens (tertiary/aromatic N) is 1. The van der Waals surface area contributed by atoms with E-state index in [4.69, 9.17) is 13.8 Å².